The van der Waals surface area contributed by atoms with Gasteiger partial charge in [0.15, 0.2) is 0 Å². The number of hydrogen-bond acceptors (Lipinski definition) is 3. The van der Waals surface area contributed by atoms with E-state index in [0.29, 0.717) is 4.88 Å². The molecule has 1 unspecified atom stereocenters. The first-order chi connectivity index (χ1) is 11.9. The summed E-state index contributed by atoms with van der Waals surface area (Å²) in [4.78, 5) is 12.9. The maximum absolute atomic E-state index is 12.3. The Hall–Kier alpha value is -2.02. The minimum atomic E-state index is -4.70. The van der Waals surface area contributed by atoms with E-state index in [2.05, 4.69) is 16.5 Å². The van der Waals surface area contributed by atoms with E-state index in [1.54, 1.807) is 18.2 Å². The highest BCUT2D eigenvalue weighted by atomic mass is 32.1. The van der Waals surface area contributed by atoms with Crippen LogP contribution in [0.2, 0.25) is 0 Å². The van der Waals surface area contributed by atoms with Crippen molar-refractivity contribution in [1.29, 1.82) is 0 Å². The van der Waals surface area contributed by atoms with E-state index < -0.39 is 6.36 Å². The molecule has 3 nitrogen and oxygen atoms in total. The lowest BCUT2D eigenvalue weighted by atomic mass is 9.95. The number of thiophene rings is 1. The number of halogens is 3. The first kappa shape index (κ1) is 17.8. The molecule has 1 aromatic carbocycles. The fourth-order valence-corrected chi connectivity index (χ4v) is 3.61. The smallest absolute Gasteiger partial charge is 0.406 e. The van der Waals surface area contributed by atoms with Gasteiger partial charge in [-0.25, -0.2) is 0 Å². The normalized spacial score (nSPS) is 15.8. The largest absolute Gasteiger partial charge is 0.573 e. The van der Waals surface area contributed by atoms with Gasteiger partial charge in [0.1, 0.15) is 5.75 Å². The molecule has 0 saturated heterocycles. The second-order valence-electron chi connectivity index (χ2n) is 5.90. The first-order valence-corrected chi connectivity index (χ1v) is 8.86. The summed E-state index contributed by atoms with van der Waals surface area (Å²) in [5.74, 6) is -0.369. The number of nitrogens with one attached hydrogen (secondary N) is 1. The van der Waals surface area contributed by atoms with Crippen LogP contribution in [-0.2, 0) is 0 Å². The van der Waals surface area contributed by atoms with Gasteiger partial charge in [0, 0.05) is 6.04 Å². The lowest BCUT2D eigenvalue weighted by Crippen LogP contribution is -2.35. The van der Waals surface area contributed by atoms with Gasteiger partial charge in [0.05, 0.1) is 4.88 Å². The second kappa shape index (κ2) is 7.47. The minimum absolute atomic E-state index is 0.103. The Morgan fingerprint density at radius 1 is 1.20 bits per heavy atom. The summed E-state index contributed by atoms with van der Waals surface area (Å²) < 4.78 is 40.4. The lowest BCUT2D eigenvalue weighted by molar-refractivity contribution is -0.274. The van der Waals surface area contributed by atoms with Crippen LogP contribution in [0.25, 0.3) is 11.1 Å². The van der Waals surface area contributed by atoms with E-state index in [9.17, 15) is 18.0 Å². The maximum Gasteiger partial charge on any atom is 0.573 e. The molecule has 0 aliphatic heterocycles. The molecule has 1 N–H and O–H groups in total. The van der Waals surface area contributed by atoms with E-state index in [1.807, 2.05) is 5.38 Å². The fourth-order valence-electron chi connectivity index (χ4n) is 2.79. The highest BCUT2D eigenvalue weighted by Crippen LogP contribution is 2.29. The van der Waals surface area contributed by atoms with Crippen molar-refractivity contribution in [3.05, 3.63) is 47.0 Å². The van der Waals surface area contributed by atoms with E-state index in [1.165, 1.54) is 23.5 Å². The van der Waals surface area contributed by atoms with Crippen molar-refractivity contribution in [2.24, 2.45) is 0 Å². The van der Waals surface area contributed by atoms with E-state index in [-0.39, 0.29) is 17.7 Å². The first-order valence-electron chi connectivity index (χ1n) is 7.98. The number of hydrogen-bond donors (Lipinski definition) is 1. The third-order valence-electron chi connectivity index (χ3n) is 3.99. The highest BCUT2D eigenvalue weighted by molar-refractivity contribution is 7.12. The molecule has 25 heavy (non-hydrogen) atoms. The van der Waals surface area contributed by atoms with Crippen molar-refractivity contribution in [3.8, 4) is 16.9 Å². The van der Waals surface area contributed by atoms with Gasteiger partial charge in [-0.05, 0) is 54.0 Å². The van der Waals surface area contributed by atoms with Crippen LogP contribution in [-0.4, -0.2) is 18.3 Å². The van der Waals surface area contributed by atoms with Gasteiger partial charge in [0.2, 0.25) is 0 Å². The van der Waals surface area contributed by atoms with Crippen molar-refractivity contribution in [2.45, 2.75) is 38.1 Å². The topological polar surface area (TPSA) is 38.3 Å². The molecule has 1 aromatic heterocycles. The number of carbonyl (C=O) groups is 1. The van der Waals surface area contributed by atoms with Crippen LogP contribution < -0.4 is 10.1 Å². The van der Waals surface area contributed by atoms with Gasteiger partial charge in [-0.2, -0.15) is 0 Å². The van der Waals surface area contributed by atoms with Gasteiger partial charge < -0.3 is 10.1 Å². The zero-order valence-corrected chi connectivity index (χ0v) is 14.1. The van der Waals surface area contributed by atoms with Crippen molar-refractivity contribution < 1.29 is 22.7 Å². The van der Waals surface area contributed by atoms with Crippen LogP contribution in [0.15, 0.2) is 35.7 Å². The van der Waals surface area contributed by atoms with Gasteiger partial charge >= 0.3 is 6.36 Å². The van der Waals surface area contributed by atoms with Crippen LogP contribution in [0.1, 0.15) is 35.4 Å². The van der Waals surface area contributed by atoms with Crippen molar-refractivity contribution in [3.63, 3.8) is 0 Å². The minimum Gasteiger partial charge on any atom is -0.406 e. The predicted octanol–water partition coefficient (Wildman–Crippen LogP) is 5.19. The van der Waals surface area contributed by atoms with Crippen molar-refractivity contribution >= 4 is 17.2 Å². The zero-order chi connectivity index (χ0) is 17.9. The maximum atomic E-state index is 12.3. The molecule has 1 heterocycles. The standard InChI is InChI=1S/C18H17F3NO2S/c19-18(20,21)24-15-8-6-12(7-9-15)13-10-16(25-11-13)17(23)22-14-4-2-1-3-5-14/h2,6-11,14H,1,3-5H2,(H,22,23). The number of benzene rings is 1. The molecule has 1 radical (unpaired) electrons. The summed E-state index contributed by atoms with van der Waals surface area (Å²) in [6.45, 7) is 0. The molecular formula is C18H17F3NO2S. The zero-order valence-electron chi connectivity index (χ0n) is 13.3. The van der Waals surface area contributed by atoms with Crippen LogP contribution in [0.5, 0.6) is 5.75 Å². The number of carbonyl (C=O) groups excluding carboxylic acids is 1. The molecule has 1 saturated carbocycles. The average Bonchev–Trinajstić information content (AvgIpc) is 3.05. The summed E-state index contributed by atoms with van der Waals surface area (Å²) in [7, 11) is 0. The molecule has 1 fully saturated rings. The molecule has 2 aromatic rings. The van der Waals surface area contributed by atoms with Crippen LogP contribution in [0.4, 0.5) is 13.2 Å². The van der Waals surface area contributed by atoms with Crippen LogP contribution in [0, 0.1) is 6.42 Å². The lowest BCUT2D eigenvalue weighted by Gasteiger charge is -2.22. The summed E-state index contributed by atoms with van der Waals surface area (Å²) in [5, 5.41) is 4.85. The molecule has 0 spiro atoms. The van der Waals surface area contributed by atoms with Gasteiger partial charge in [-0.1, -0.05) is 25.0 Å². The summed E-state index contributed by atoms with van der Waals surface area (Å²) in [6, 6.07) is 7.55. The quantitative estimate of drug-likeness (QED) is 0.806. The van der Waals surface area contributed by atoms with E-state index in [0.717, 1.165) is 36.8 Å². The third-order valence-corrected chi connectivity index (χ3v) is 4.92. The monoisotopic (exact) mass is 368 g/mol. The third kappa shape index (κ3) is 4.98. The summed E-state index contributed by atoms with van der Waals surface area (Å²) >= 11 is 1.32. The molecule has 7 heteroatoms. The van der Waals surface area contributed by atoms with Crippen LogP contribution >= 0.6 is 11.3 Å². The molecule has 133 valence electrons. The van der Waals surface area contributed by atoms with Crippen LogP contribution in [0.3, 0.4) is 0 Å². The molecule has 3 rings (SSSR count). The molecule has 1 amide bonds. The SMILES string of the molecule is O=C(NC1C[CH]CCC1)c1cc(-c2ccc(OC(F)(F)F)cc2)cs1. The van der Waals surface area contributed by atoms with E-state index in [4.69, 9.17) is 0 Å². The molecular weight excluding hydrogens is 351 g/mol. The molecule has 1 aliphatic carbocycles. The van der Waals surface area contributed by atoms with Crippen molar-refractivity contribution in [1.82, 2.24) is 5.32 Å². The highest BCUT2D eigenvalue weighted by Gasteiger charge is 2.31. The second-order valence-corrected chi connectivity index (χ2v) is 6.81. The molecule has 0 bridgehead atoms. The number of amides is 1. The fraction of sp³-hybridized carbons (Fsp3) is 0.333. The number of ether oxygens (including phenoxy) is 1. The van der Waals surface area contributed by atoms with E-state index >= 15 is 0 Å². The Bertz CT molecular complexity index is 719. The predicted molar refractivity (Wildman–Crippen MR) is 90.5 cm³/mol. The van der Waals surface area contributed by atoms with Gasteiger partial charge in [0.25, 0.3) is 5.91 Å². The molecule has 1 aliphatic rings. The molecule has 1 atom stereocenters. The number of alkyl halides is 3. The number of rotatable bonds is 4. The summed E-state index contributed by atoms with van der Waals surface area (Å²) in [6.07, 6.45) is 1.56. The Kier molecular flexibility index (Phi) is 5.32. The average molecular weight is 368 g/mol. The van der Waals surface area contributed by atoms with Gasteiger partial charge in [-0.3, -0.25) is 4.79 Å². The Morgan fingerprint density at radius 3 is 2.60 bits per heavy atom. The van der Waals surface area contributed by atoms with Gasteiger partial charge in [-0.15, -0.1) is 24.5 Å². The Morgan fingerprint density at radius 2 is 1.96 bits per heavy atom. The Labute approximate surface area is 147 Å². The Balaban J connectivity index is 1.65. The van der Waals surface area contributed by atoms with Crippen molar-refractivity contribution in [2.75, 3.05) is 0 Å². The summed E-state index contributed by atoms with van der Waals surface area (Å²) in [5.41, 5.74) is 1.53.